The number of alkyl halides is 2. The van der Waals surface area contributed by atoms with Crippen LogP contribution in [-0.4, -0.2) is 28.0 Å². The van der Waals surface area contributed by atoms with Gasteiger partial charge in [-0.05, 0) is 13.3 Å². The fourth-order valence-corrected chi connectivity index (χ4v) is 1.39. The predicted octanol–water partition coefficient (Wildman–Crippen LogP) is 0.677. The molecular weight excluding hydrogens is 201 g/mol. The Morgan fingerprint density at radius 1 is 1.83 bits per heavy atom. The summed E-state index contributed by atoms with van der Waals surface area (Å²) in [5.41, 5.74) is 0. The van der Waals surface area contributed by atoms with Crippen molar-refractivity contribution in [3.05, 3.63) is 0 Å². The van der Waals surface area contributed by atoms with E-state index in [1.165, 1.54) is 0 Å². The lowest BCUT2D eigenvalue weighted by atomic mass is 10.3. The first-order chi connectivity index (χ1) is 5.47. The molecule has 1 aliphatic carbocycles. The standard InChI is InChI=1S/C7H11Cl2NO2/c1-4(3-11)10-6(12)5-2-7(5,8)9/h4-5,11H,2-3H2,1H3,(H,10,12)/t4-,5?/m0/s1. The highest BCUT2D eigenvalue weighted by atomic mass is 35.5. The van der Waals surface area contributed by atoms with Crippen LogP contribution in [0.1, 0.15) is 13.3 Å². The molecule has 0 spiro atoms. The maximum atomic E-state index is 11.2. The molecule has 2 N–H and O–H groups in total. The van der Waals surface area contributed by atoms with E-state index in [0.29, 0.717) is 6.42 Å². The first-order valence-electron chi connectivity index (χ1n) is 3.76. The van der Waals surface area contributed by atoms with Crippen molar-refractivity contribution in [1.82, 2.24) is 5.32 Å². The first kappa shape index (κ1) is 10.1. The number of aliphatic hydroxyl groups excluding tert-OH is 1. The van der Waals surface area contributed by atoms with Crippen molar-refractivity contribution in [2.75, 3.05) is 6.61 Å². The van der Waals surface area contributed by atoms with Gasteiger partial charge in [0, 0.05) is 6.04 Å². The minimum Gasteiger partial charge on any atom is -0.394 e. The Hall–Kier alpha value is 0.01000. The summed E-state index contributed by atoms with van der Waals surface area (Å²) in [6, 6.07) is -0.234. The number of halogens is 2. The van der Waals surface area contributed by atoms with Gasteiger partial charge in [0.25, 0.3) is 0 Å². The number of amides is 1. The van der Waals surface area contributed by atoms with Crippen LogP contribution in [0.25, 0.3) is 0 Å². The highest BCUT2D eigenvalue weighted by Crippen LogP contribution is 2.53. The van der Waals surface area contributed by atoms with Gasteiger partial charge >= 0.3 is 0 Å². The number of rotatable bonds is 3. The SMILES string of the molecule is C[C@@H](CO)NC(=O)C1CC1(Cl)Cl. The summed E-state index contributed by atoms with van der Waals surface area (Å²) in [5, 5.41) is 11.2. The molecule has 0 aliphatic heterocycles. The first-order valence-corrected chi connectivity index (χ1v) is 4.52. The fraction of sp³-hybridized carbons (Fsp3) is 0.857. The third-order valence-corrected chi connectivity index (χ3v) is 2.64. The summed E-state index contributed by atoms with van der Waals surface area (Å²) in [6.45, 7) is 1.64. The lowest BCUT2D eigenvalue weighted by Gasteiger charge is -2.10. The van der Waals surface area contributed by atoms with E-state index in [-0.39, 0.29) is 24.5 Å². The van der Waals surface area contributed by atoms with Crippen LogP contribution in [0.4, 0.5) is 0 Å². The third kappa shape index (κ3) is 2.25. The number of carbonyl (C=O) groups excluding carboxylic acids is 1. The number of hydrogen-bond acceptors (Lipinski definition) is 2. The monoisotopic (exact) mass is 211 g/mol. The third-order valence-electron chi connectivity index (χ3n) is 1.80. The van der Waals surface area contributed by atoms with Crippen LogP contribution in [0.15, 0.2) is 0 Å². The molecule has 1 amide bonds. The van der Waals surface area contributed by atoms with Gasteiger partial charge in [-0.25, -0.2) is 0 Å². The molecule has 0 aromatic heterocycles. The molecule has 5 heteroatoms. The summed E-state index contributed by atoms with van der Waals surface area (Å²) < 4.78 is -0.876. The second-order valence-electron chi connectivity index (χ2n) is 3.11. The quantitative estimate of drug-likeness (QED) is 0.675. The van der Waals surface area contributed by atoms with E-state index in [0.717, 1.165) is 0 Å². The second-order valence-corrected chi connectivity index (χ2v) is 4.65. The van der Waals surface area contributed by atoms with Crippen LogP contribution in [0.5, 0.6) is 0 Å². The molecule has 1 rings (SSSR count). The summed E-state index contributed by atoms with van der Waals surface area (Å²) in [7, 11) is 0. The maximum absolute atomic E-state index is 11.2. The number of carbonyl (C=O) groups is 1. The summed E-state index contributed by atoms with van der Waals surface area (Å²) in [4.78, 5) is 11.2. The topological polar surface area (TPSA) is 49.3 Å². The zero-order chi connectivity index (χ0) is 9.35. The van der Waals surface area contributed by atoms with E-state index in [1.807, 2.05) is 0 Å². The largest absolute Gasteiger partial charge is 0.394 e. The van der Waals surface area contributed by atoms with E-state index in [1.54, 1.807) is 6.92 Å². The summed E-state index contributed by atoms with van der Waals surface area (Å²) in [6.07, 6.45) is 0.500. The number of hydrogen-bond donors (Lipinski definition) is 2. The second kappa shape index (κ2) is 3.40. The molecule has 1 saturated carbocycles. The normalized spacial score (nSPS) is 27.8. The van der Waals surface area contributed by atoms with Crippen molar-refractivity contribution in [3.63, 3.8) is 0 Å². The predicted molar refractivity (Wildman–Crippen MR) is 47.2 cm³/mol. The molecule has 0 aromatic carbocycles. The van der Waals surface area contributed by atoms with E-state index < -0.39 is 4.33 Å². The Bertz CT molecular complexity index is 196. The zero-order valence-corrected chi connectivity index (χ0v) is 8.19. The smallest absolute Gasteiger partial charge is 0.226 e. The Labute approximate surface area is 81.0 Å². The highest BCUT2D eigenvalue weighted by Gasteiger charge is 2.56. The van der Waals surface area contributed by atoms with Crippen LogP contribution < -0.4 is 5.32 Å². The van der Waals surface area contributed by atoms with Crippen LogP contribution in [-0.2, 0) is 4.79 Å². The van der Waals surface area contributed by atoms with Crippen molar-refractivity contribution in [2.24, 2.45) is 5.92 Å². The van der Waals surface area contributed by atoms with Crippen LogP contribution >= 0.6 is 23.2 Å². The van der Waals surface area contributed by atoms with Crippen LogP contribution in [0.2, 0.25) is 0 Å². The van der Waals surface area contributed by atoms with Gasteiger partial charge in [0.1, 0.15) is 4.33 Å². The van der Waals surface area contributed by atoms with Gasteiger partial charge in [0.2, 0.25) is 5.91 Å². The summed E-state index contributed by atoms with van der Waals surface area (Å²) >= 11 is 11.3. The Morgan fingerprint density at radius 3 is 2.67 bits per heavy atom. The van der Waals surface area contributed by atoms with Gasteiger partial charge in [-0.2, -0.15) is 0 Å². The Morgan fingerprint density at radius 2 is 2.33 bits per heavy atom. The lowest BCUT2D eigenvalue weighted by molar-refractivity contribution is -0.123. The average Bonchev–Trinajstić information content (AvgIpc) is 2.59. The molecule has 0 saturated heterocycles. The molecule has 0 aromatic rings. The molecule has 0 heterocycles. The van der Waals surface area contributed by atoms with Crippen molar-refractivity contribution < 1.29 is 9.90 Å². The summed E-state index contributed by atoms with van der Waals surface area (Å²) in [5.74, 6) is -0.489. The van der Waals surface area contributed by atoms with Gasteiger partial charge in [-0.15, -0.1) is 23.2 Å². The van der Waals surface area contributed by atoms with Crippen LogP contribution in [0.3, 0.4) is 0 Å². The fourth-order valence-electron chi connectivity index (χ4n) is 0.887. The van der Waals surface area contributed by atoms with Crippen molar-refractivity contribution in [3.8, 4) is 0 Å². The van der Waals surface area contributed by atoms with E-state index in [9.17, 15) is 4.79 Å². The maximum Gasteiger partial charge on any atom is 0.226 e. The van der Waals surface area contributed by atoms with Gasteiger partial charge in [0.15, 0.2) is 0 Å². The molecule has 0 bridgehead atoms. The lowest BCUT2D eigenvalue weighted by Crippen LogP contribution is -2.36. The minimum absolute atomic E-state index is 0.0734. The minimum atomic E-state index is -0.876. The molecule has 12 heavy (non-hydrogen) atoms. The van der Waals surface area contributed by atoms with Gasteiger partial charge < -0.3 is 10.4 Å². The van der Waals surface area contributed by atoms with Gasteiger partial charge in [-0.1, -0.05) is 0 Å². The molecule has 1 unspecified atom stereocenters. The molecule has 3 nitrogen and oxygen atoms in total. The van der Waals surface area contributed by atoms with Crippen LogP contribution in [0, 0.1) is 5.92 Å². The Balaban J connectivity index is 2.32. The van der Waals surface area contributed by atoms with E-state index in [4.69, 9.17) is 28.3 Å². The molecule has 1 aliphatic rings. The molecule has 1 fully saturated rings. The molecule has 2 atom stereocenters. The number of nitrogens with one attached hydrogen (secondary N) is 1. The van der Waals surface area contributed by atoms with E-state index in [2.05, 4.69) is 5.32 Å². The molecule has 0 radical (unpaired) electrons. The van der Waals surface area contributed by atoms with Gasteiger partial charge in [-0.3, -0.25) is 4.79 Å². The highest BCUT2D eigenvalue weighted by molar-refractivity contribution is 6.52. The van der Waals surface area contributed by atoms with E-state index >= 15 is 0 Å². The zero-order valence-electron chi connectivity index (χ0n) is 6.68. The van der Waals surface area contributed by atoms with Crippen molar-refractivity contribution >= 4 is 29.1 Å². The van der Waals surface area contributed by atoms with Gasteiger partial charge in [0.05, 0.1) is 12.5 Å². The number of aliphatic hydroxyl groups is 1. The van der Waals surface area contributed by atoms with Crippen molar-refractivity contribution in [2.45, 2.75) is 23.7 Å². The van der Waals surface area contributed by atoms with Crippen molar-refractivity contribution in [1.29, 1.82) is 0 Å². The molecular formula is C7H11Cl2NO2. The molecule has 70 valence electrons. The average molecular weight is 212 g/mol. The Kier molecular flexibility index (Phi) is 2.86.